The molecule has 0 spiro atoms. The summed E-state index contributed by atoms with van der Waals surface area (Å²) in [7, 11) is 0. The number of nitro groups is 1. The molecule has 0 atom stereocenters. The normalized spacial score (nSPS) is 11.0. The molecule has 0 bridgehead atoms. The Hall–Kier alpha value is -3.13. The summed E-state index contributed by atoms with van der Waals surface area (Å²) in [4.78, 5) is 24.6. The first-order valence-electron chi connectivity index (χ1n) is 7.14. The van der Waals surface area contributed by atoms with Crippen LogP contribution in [0.1, 0.15) is 5.56 Å². The van der Waals surface area contributed by atoms with Gasteiger partial charge in [0.15, 0.2) is 5.82 Å². The smallest absolute Gasteiger partial charge is 0.274 e. The molecule has 0 saturated carbocycles. The number of nitrogens with one attached hydrogen (secondary N) is 1. The van der Waals surface area contributed by atoms with E-state index in [-0.39, 0.29) is 10.6 Å². The molecule has 1 aromatic carbocycles. The Morgan fingerprint density at radius 2 is 2.08 bits per heavy atom. The van der Waals surface area contributed by atoms with Gasteiger partial charge in [-0.1, -0.05) is 6.07 Å². The summed E-state index contributed by atoms with van der Waals surface area (Å²) in [5.41, 5.74) is 2.12. The largest absolute Gasteiger partial charge is 0.339 e. The van der Waals surface area contributed by atoms with Gasteiger partial charge in [0.25, 0.3) is 5.69 Å². The van der Waals surface area contributed by atoms with Crippen LogP contribution in [0.5, 0.6) is 0 Å². The van der Waals surface area contributed by atoms with Gasteiger partial charge in [-0.05, 0) is 25.1 Å². The first kappa shape index (κ1) is 14.5. The van der Waals surface area contributed by atoms with Crippen LogP contribution < -0.4 is 5.32 Å². The summed E-state index contributed by atoms with van der Waals surface area (Å²) in [5.74, 6) is 0.612. The van der Waals surface area contributed by atoms with Crippen molar-refractivity contribution in [3.63, 3.8) is 0 Å². The molecule has 3 aromatic heterocycles. The molecule has 8 heteroatoms. The number of rotatable bonds is 3. The van der Waals surface area contributed by atoms with Crippen molar-refractivity contribution in [2.45, 2.75) is 6.92 Å². The van der Waals surface area contributed by atoms with Crippen molar-refractivity contribution in [3.05, 3.63) is 58.5 Å². The molecular weight excluding hydrogens is 326 g/mol. The minimum Gasteiger partial charge on any atom is -0.339 e. The lowest BCUT2D eigenvalue weighted by Gasteiger charge is -2.07. The zero-order chi connectivity index (χ0) is 16.7. The molecule has 3 heterocycles. The molecule has 4 rings (SSSR count). The van der Waals surface area contributed by atoms with Crippen LogP contribution in [0.25, 0.3) is 20.4 Å². The van der Waals surface area contributed by atoms with Crippen molar-refractivity contribution in [2.75, 3.05) is 5.32 Å². The Bertz CT molecular complexity index is 1090. The summed E-state index contributed by atoms with van der Waals surface area (Å²) in [6.07, 6.45) is 3.22. The van der Waals surface area contributed by atoms with Crippen molar-refractivity contribution in [3.8, 4) is 0 Å². The minimum atomic E-state index is -0.389. The molecule has 0 aliphatic heterocycles. The van der Waals surface area contributed by atoms with E-state index in [0.717, 1.165) is 20.4 Å². The third-order valence-corrected chi connectivity index (χ3v) is 4.81. The Morgan fingerprint density at radius 3 is 2.92 bits per heavy atom. The van der Waals surface area contributed by atoms with Gasteiger partial charge in [-0.3, -0.25) is 10.1 Å². The minimum absolute atomic E-state index is 0.0725. The van der Waals surface area contributed by atoms with Crippen molar-refractivity contribution in [2.24, 2.45) is 0 Å². The van der Waals surface area contributed by atoms with Gasteiger partial charge in [0.05, 0.1) is 15.1 Å². The number of nitro benzene ring substituents is 1. The van der Waals surface area contributed by atoms with Crippen LogP contribution >= 0.6 is 11.3 Å². The average molecular weight is 337 g/mol. The Kier molecular flexibility index (Phi) is 3.31. The lowest BCUT2D eigenvalue weighted by molar-refractivity contribution is -0.385. The lowest BCUT2D eigenvalue weighted by Crippen LogP contribution is -1.97. The van der Waals surface area contributed by atoms with Gasteiger partial charge in [-0.2, -0.15) is 0 Å². The van der Waals surface area contributed by atoms with Gasteiger partial charge in [0, 0.05) is 28.9 Å². The molecule has 0 unspecified atom stereocenters. The molecule has 24 heavy (non-hydrogen) atoms. The maximum atomic E-state index is 11.1. The van der Waals surface area contributed by atoms with Gasteiger partial charge >= 0.3 is 0 Å². The first-order chi connectivity index (χ1) is 11.6. The Labute approximate surface area is 140 Å². The number of thiophene rings is 1. The lowest BCUT2D eigenvalue weighted by atomic mass is 10.2. The second-order valence-electron chi connectivity index (χ2n) is 5.24. The van der Waals surface area contributed by atoms with E-state index in [1.165, 1.54) is 23.7 Å². The van der Waals surface area contributed by atoms with E-state index < -0.39 is 0 Å². The summed E-state index contributed by atoms with van der Waals surface area (Å²) >= 11 is 1.49. The van der Waals surface area contributed by atoms with E-state index >= 15 is 0 Å². The van der Waals surface area contributed by atoms with Crippen LogP contribution in [0.2, 0.25) is 0 Å². The summed E-state index contributed by atoms with van der Waals surface area (Å²) < 4.78 is 0.870. The molecule has 118 valence electrons. The number of pyridine rings is 1. The number of fused-ring (bicyclic) bond motifs is 3. The SMILES string of the molecule is Cc1ccc(Nc2ncnc3c2sc2ncccc23)cc1[N+](=O)[O-]. The molecule has 0 fully saturated rings. The van der Waals surface area contributed by atoms with E-state index in [9.17, 15) is 10.1 Å². The number of aryl methyl sites for hydroxylation is 1. The predicted molar refractivity (Wildman–Crippen MR) is 93.8 cm³/mol. The van der Waals surface area contributed by atoms with Crippen molar-refractivity contribution >= 4 is 49.0 Å². The predicted octanol–water partition coefficient (Wildman–Crippen LogP) is 4.20. The molecular formula is C16H11N5O2S. The molecule has 0 radical (unpaired) electrons. The van der Waals surface area contributed by atoms with Crippen LogP contribution in [0.3, 0.4) is 0 Å². The quantitative estimate of drug-likeness (QED) is 0.445. The van der Waals surface area contributed by atoms with Crippen molar-refractivity contribution in [1.82, 2.24) is 15.0 Å². The molecule has 0 aliphatic rings. The monoisotopic (exact) mass is 337 g/mol. The molecule has 0 saturated heterocycles. The highest BCUT2D eigenvalue weighted by Crippen LogP contribution is 2.35. The molecule has 0 amide bonds. The fraction of sp³-hybridized carbons (Fsp3) is 0.0625. The number of aromatic nitrogens is 3. The van der Waals surface area contributed by atoms with Gasteiger partial charge < -0.3 is 5.32 Å². The highest BCUT2D eigenvalue weighted by atomic mass is 32.1. The second-order valence-corrected chi connectivity index (χ2v) is 6.24. The van der Waals surface area contributed by atoms with Crippen LogP contribution in [-0.4, -0.2) is 19.9 Å². The van der Waals surface area contributed by atoms with Gasteiger partial charge in [-0.15, -0.1) is 11.3 Å². The topological polar surface area (TPSA) is 93.8 Å². The zero-order valence-electron chi connectivity index (χ0n) is 12.6. The maximum absolute atomic E-state index is 11.1. The number of nitrogens with zero attached hydrogens (tertiary/aromatic N) is 4. The molecule has 7 nitrogen and oxygen atoms in total. The van der Waals surface area contributed by atoms with Gasteiger partial charge in [0.1, 0.15) is 11.2 Å². The number of benzene rings is 1. The van der Waals surface area contributed by atoms with Gasteiger partial charge in [-0.25, -0.2) is 15.0 Å². The highest BCUT2D eigenvalue weighted by Gasteiger charge is 2.14. The molecule has 0 aliphatic carbocycles. The maximum Gasteiger partial charge on any atom is 0.274 e. The van der Waals surface area contributed by atoms with E-state index in [1.54, 1.807) is 25.3 Å². The van der Waals surface area contributed by atoms with E-state index in [2.05, 4.69) is 20.3 Å². The Balaban J connectivity index is 1.83. The van der Waals surface area contributed by atoms with Crippen LogP contribution in [0, 0.1) is 17.0 Å². The molecule has 1 N–H and O–H groups in total. The van der Waals surface area contributed by atoms with E-state index in [0.29, 0.717) is 17.1 Å². The van der Waals surface area contributed by atoms with Crippen LogP contribution in [-0.2, 0) is 0 Å². The van der Waals surface area contributed by atoms with Crippen LogP contribution in [0.15, 0.2) is 42.9 Å². The first-order valence-corrected chi connectivity index (χ1v) is 7.95. The Morgan fingerprint density at radius 1 is 1.21 bits per heavy atom. The van der Waals surface area contributed by atoms with Crippen molar-refractivity contribution < 1.29 is 4.92 Å². The zero-order valence-corrected chi connectivity index (χ0v) is 13.4. The second kappa shape index (κ2) is 5.50. The van der Waals surface area contributed by atoms with E-state index in [4.69, 9.17) is 0 Å². The number of hydrogen-bond acceptors (Lipinski definition) is 7. The summed E-state index contributed by atoms with van der Waals surface area (Å²) in [5, 5.41) is 15.2. The highest BCUT2D eigenvalue weighted by molar-refractivity contribution is 7.25. The standard InChI is InChI=1S/C16H11N5O2S/c1-9-4-5-10(7-12(9)21(22)23)20-15-14-13(18-8-19-15)11-3-2-6-17-16(11)24-14/h2-8H,1H3,(H,18,19,20). The third-order valence-electron chi connectivity index (χ3n) is 3.70. The fourth-order valence-corrected chi connectivity index (χ4v) is 3.56. The number of anilines is 2. The van der Waals surface area contributed by atoms with Crippen LogP contribution in [0.4, 0.5) is 17.2 Å². The summed E-state index contributed by atoms with van der Waals surface area (Å²) in [6.45, 7) is 1.71. The number of hydrogen-bond donors (Lipinski definition) is 1. The summed E-state index contributed by atoms with van der Waals surface area (Å²) in [6, 6.07) is 8.85. The average Bonchev–Trinajstić information content (AvgIpc) is 2.96. The van der Waals surface area contributed by atoms with E-state index in [1.807, 2.05) is 12.1 Å². The molecule has 4 aromatic rings. The fourth-order valence-electron chi connectivity index (χ4n) is 2.52. The van der Waals surface area contributed by atoms with Gasteiger partial charge in [0.2, 0.25) is 0 Å². The third kappa shape index (κ3) is 2.33. The van der Waals surface area contributed by atoms with Crippen molar-refractivity contribution in [1.29, 1.82) is 0 Å².